The van der Waals surface area contributed by atoms with E-state index in [1.54, 1.807) is 25.3 Å². The zero-order valence-corrected chi connectivity index (χ0v) is 37.6. The molecule has 6 unspecified atom stereocenters. The Kier molecular flexibility index (Phi) is 13.4. The predicted molar refractivity (Wildman–Crippen MR) is 238 cm³/mol. The number of amides is 4. The number of hydrogen-bond donors (Lipinski definition) is 4. The van der Waals surface area contributed by atoms with Gasteiger partial charge in [-0.1, -0.05) is 77.1 Å². The van der Waals surface area contributed by atoms with E-state index >= 15 is 0 Å². The number of aromatic amines is 2. The molecule has 3 aromatic carbocycles. The third-order valence-electron chi connectivity index (χ3n) is 12.3. The molecule has 0 radical (unpaired) electrons. The molecular weight excluding hydrogens is 805 g/mol. The number of nitrogens with zero attached hydrogens (tertiary/aromatic N) is 4. The summed E-state index contributed by atoms with van der Waals surface area (Å²) in [6, 6.07) is 16.5. The molecule has 2 aliphatic rings. The molecule has 0 aliphatic carbocycles. The van der Waals surface area contributed by atoms with E-state index in [1.807, 2.05) is 45.6 Å². The lowest BCUT2D eigenvalue weighted by molar-refractivity contribution is -0.137. The maximum Gasteiger partial charge on any atom is 0.407 e. The molecule has 2 aliphatic heterocycles. The lowest BCUT2D eigenvalue weighted by atomic mass is 9.85. The van der Waals surface area contributed by atoms with Crippen LogP contribution in [0.1, 0.15) is 71.2 Å². The van der Waals surface area contributed by atoms with Crippen LogP contribution in [0, 0.1) is 23.2 Å². The van der Waals surface area contributed by atoms with Crippen LogP contribution in [0.5, 0.6) is 0 Å². The SMILES string of the molecule is COCC1CC(c2nc3c(ccc4cc(-c5ccc(-c6cnc(C7CC(COC)CN7C(=O)C(NC(=O)OC)C(C)(C)C)[nH]6)cc5)ccc43)[nH]2)N(C(=O)C(NC(=O)OC)C(C)C)C1. The van der Waals surface area contributed by atoms with Gasteiger partial charge in [0.15, 0.2) is 0 Å². The Morgan fingerprint density at radius 3 is 1.94 bits per heavy atom. The fraction of sp³-hybridized carbons (Fsp3) is 0.489. The van der Waals surface area contributed by atoms with Crippen LogP contribution in [-0.2, 0) is 28.5 Å². The van der Waals surface area contributed by atoms with E-state index in [9.17, 15) is 19.2 Å². The van der Waals surface area contributed by atoms with E-state index < -0.39 is 29.7 Å². The molecule has 16 heteroatoms. The first-order valence-electron chi connectivity index (χ1n) is 21.5. The lowest BCUT2D eigenvalue weighted by Gasteiger charge is -2.35. The van der Waals surface area contributed by atoms with Crippen molar-refractivity contribution in [1.29, 1.82) is 0 Å². The Morgan fingerprint density at radius 2 is 1.33 bits per heavy atom. The molecule has 2 fully saturated rings. The zero-order valence-electron chi connectivity index (χ0n) is 37.6. The number of benzene rings is 3. The summed E-state index contributed by atoms with van der Waals surface area (Å²) in [5.41, 5.74) is 4.97. The first-order chi connectivity index (χ1) is 30.1. The monoisotopic (exact) mass is 864 g/mol. The molecule has 63 heavy (non-hydrogen) atoms. The van der Waals surface area contributed by atoms with E-state index in [4.69, 9.17) is 28.9 Å². The fourth-order valence-corrected chi connectivity index (χ4v) is 9.09. The Bertz CT molecular complexity index is 2440. The number of rotatable bonds is 13. The predicted octanol–water partition coefficient (Wildman–Crippen LogP) is 7.00. The largest absolute Gasteiger partial charge is 0.453 e. The molecule has 6 atom stereocenters. The van der Waals surface area contributed by atoms with E-state index in [0.717, 1.165) is 44.2 Å². The van der Waals surface area contributed by atoms with Gasteiger partial charge in [-0.2, -0.15) is 0 Å². The Hall–Kier alpha value is -6.00. The summed E-state index contributed by atoms with van der Waals surface area (Å²) in [4.78, 5) is 73.1. The summed E-state index contributed by atoms with van der Waals surface area (Å²) in [6.45, 7) is 11.5. The molecule has 336 valence electrons. The van der Waals surface area contributed by atoms with Crippen molar-refractivity contribution in [2.24, 2.45) is 23.2 Å². The minimum Gasteiger partial charge on any atom is -0.453 e. The van der Waals surface area contributed by atoms with E-state index in [-0.39, 0.29) is 41.7 Å². The molecule has 0 saturated carbocycles. The van der Waals surface area contributed by atoms with Gasteiger partial charge in [0.2, 0.25) is 11.8 Å². The minimum absolute atomic E-state index is 0.103. The van der Waals surface area contributed by atoms with Crippen molar-refractivity contribution in [3.63, 3.8) is 0 Å². The van der Waals surface area contributed by atoms with Gasteiger partial charge < -0.3 is 49.3 Å². The highest BCUT2D eigenvalue weighted by molar-refractivity contribution is 6.05. The molecule has 4 amide bonds. The summed E-state index contributed by atoms with van der Waals surface area (Å²) in [6.07, 6.45) is 1.82. The summed E-state index contributed by atoms with van der Waals surface area (Å²) in [7, 11) is 5.89. The summed E-state index contributed by atoms with van der Waals surface area (Å²) in [5.74, 6) is 1.04. The van der Waals surface area contributed by atoms with Crippen molar-refractivity contribution in [2.45, 2.75) is 71.6 Å². The average molecular weight is 865 g/mol. The number of likely N-dealkylation sites (tertiary alicyclic amines) is 2. The van der Waals surface area contributed by atoms with Crippen LogP contribution in [0.15, 0.2) is 60.8 Å². The number of ether oxygens (including phenoxy) is 4. The number of nitrogens with one attached hydrogen (secondary N) is 4. The van der Waals surface area contributed by atoms with Crippen molar-refractivity contribution < 1.29 is 38.1 Å². The number of alkyl carbamates (subject to hydrolysis) is 2. The van der Waals surface area contributed by atoms with E-state index in [1.165, 1.54) is 14.2 Å². The Morgan fingerprint density at radius 1 is 0.746 bits per heavy atom. The van der Waals surface area contributed by atoms with Crippen molar-refractivity contribution in [3.05, 3.63) is 72.4 Å². The van der Waals surface area contributed by atoms with E-state index in [0.29, 0.717) is 50.8 Å². The minimum atomic E-state index is -0.801. The third-order valence-corrected chi connectivity index (χ3v) is 12.3. The van der Waals surface area contributed by atoms with Gasteiger partial charge in [-0.3, -0.25) is 9.59 Å². The molecule has 7 rings (SSSR count). The highest BCUT2D eigenvalue weighted by Crippen LogP contribution is 2.39. The number of aromatic nitrogens is 4. The number of carbonyl (C=O) groups is 4. The van der Waals surface area contributed by atoms with Gasteiger partial charge in [0.1, 0.15) is 23.7 Å². The molecule has 2 saturated heterocycles. The zero-order chi connectivity index (χ0) is 45.2. The molecular formula is C47H60N8O8. The van der Waals surface area contributed by atoms with Gasteiger partial charge >= 0.3 is 12.2 Å². The first kappa shape index (κ1) is 45.0. The summed E-state index contributed by atoms with van der Waals surface area (Å²) < 4.78 is 20.7. The summed E-state index contributed by atoms with van der Waals surface area (Å²) in [5, 5.41) is 7.49. The molecule has 2 aromatic heterocycles. The molecule has 4 N–H and O–H groups in total. The van der Waals surface area contributed by atoms with Crippen molar-refractivity contribution in [1.82, 2.24) is 40.4 Å². The third kappa shape index (κ3) is 9.52. The maximum atomic E-state index is 14.1. The number of H-pyrrole nitrogens is 2. The van der Waals surface area contributed by atoms with Crippen molar-refractivity contribution >= 4 is 45.8 Å². The first-order valence-corrected chi connectivity index (χ1v) is 21.5. The summed E-state index contributed by atoms with van der Waals surface area (Å²) >= 11 is 0. The maximum absolute atomic E-state index is 14.1. The molecule has 0 bridgehead atoms. The second-order valence-electron chi connectivity index (χ2n) is 18.2. The Labute approximate surface area is 367 Å². The number of carbonyl (C=O) groups excluding carboxylic acids is 4. The van der Waals surface area contributed by atoms with Crippen LogP contribution >= 0.6 is 0 Å². The van der Waals surface area contributed by atoms with Gasteiger partial charge in [-0.05, 0) is 58.4 Å². The quantitative estimate of drug-likeness (QED) is 0.0959. The van der Waals surface area contributed by atoms with Crippen LogP contribution < -0.4 is 10.6 Å². The van der Waals surface area contributed by atoms with Crippen LogP contribution in [0.3, 0.4) is 0 Å². The van der Waals surface area contributed by atoms with Crippen LogP contribution in [0.4, 0.5) is 9.59 Å². The number of hydrogen-bond acceptors (Lipinski definition) is 10. The topological polar surface area (TPSA) is 193 Å². The average Bonchev–Trinajstić information content (AvgIpc) is 4.09. The highest BCUT2D eigenvalue weighted by atomic mass is 16.5. The van der Waals surface area contributed by atoms with Gasteiger partial charge in [-0.15, -0.1) is 0 Å². The van der Waals surface area contributed by atoms with Crippen molar-refractivity contribution in [3.8, 4) is 22.4 Å². The van der Waals surface area contributed by atoms with Gasteiger partial charge in [-0.25, -0.2) is 19.6 Å². The second kappa shape index (κ2) is 18.8. The van der Waals surface area contributed by atoms with Gasteiger partial charge in [0, 0.05) is 44.5 Å². The van der Waals surface area contributed by atoms with Gasteiger partial charge in [0.05, 0.1) is 62.4 Å². The second-order valence-corrected chi connectivity index (χ2v) is 18.2. The van der Waals surface area contributed by atoms with Crippen LogP contribution in [0.25, 0.3) is 44.2 Å². The van der Waals surface area contributed by atoms with Crippen LogP contribution in [0.2, 0.25) is 0 Å². The Balaban J connectivity index is 1.11. The highest BCUT2D eigenvalue weighted by Gasteiger charge is 2.44. The fourth-order valence-electron chi connectivity index (χ4n) is 9.09. The number of imidazole rings is 2. The molecule has 5 aromatic rings. The number of methoxy groups -OCH3 is 4. The lowest BCUT2D eigenvalue weighted by Crippen LogP contribution is -2.54. The molecule has 16 nitrogen and oxygen atoms in total. The number of fused-ring (bicyclic) bond motifs is 3. The van der Waals surface area contributed by atoms with Crippen LogP contribution in [-0.4, -0.2) is 121 Å². The molecule has 0 spiro atoms. The normalized spacial score (nSPS) is 20.0. The van der Waals surface area contributed by atoms with Crippen molar-refractivity contribution in [2.75, 3.05) is 54.7 Å². The van der Waals surface area contributed by atoms with E-state index in [2.05, 4.69) is 69.1 Å². The van der Waals surface area contributed by atoms with Gasteiger partial charge in [0.25, 0.3) is 0 Å². The standard InChI is InChI=1S/C47H60N8O8/c1-26(2)38(52-45(58)62-8)43(56)54-22-28(25-61-7)19-37(54)42-49-34-17-15-32-20-31(14-16-33(32)39(34)51-42)29-10-12-30(13-11-29)35-21-48-41(50-35)36-18-27(24-60-6)23-55(36)44(57)40(47(3,4)5)53-46(59)63-9/h10-17,20-21,26-28,36-38,40H,18-19,22-25H2,1-9H3,(H,48,50)(H,49,51)(H,52,58)(H,53,59). The smallest absolute Gasteiger partial charge is 0.407 e. The molecule has 4 heterocycles.